The molecule has 0 saturated carbocycles. The van der Waals surface area contributed by atoms with Crippen LogP contribution in [0.3, 0.4) is 0 Å². The molecule has 23 heavy (non-hydrogen) atoms. The predicted molar refractivity (Wildman–Crippen MR) is 90.6 cm³/mol. The van der Waals surface area contributed by atoms with Gasteiger partial charge in [-0.1, -0.05) is 5.16 Å². The summed E-state index contributed by atoms with van der Waals surface area (Å²) in [6.07, 6.45) is 0.926. The zero-order valence-corrected chi connectivity index (χ0v) is 14.3. The van der Waals surface area contributed by atoms with Gasteiger partial charge in [0.2, 0.25) is 11.8 Å². The Morgan fingerprint density at radius 2 is 2.35 bits per heavy atom. The van der Waals surface area contributed by atoms with Crippen molar-refractivity contribution in [3.8, 4) is 0 Å². The minimum atomic E-state index is -0.185. The van der Waals surface area contributed by atoms with Crippen LogP contribution < -0.4 is 5.32 Å². The van der Waals surface area contributed by atoms with Crippen LogP contribution in [0.4, 0.5) is 5.82 Å². The number of fused-ring (bicyclic) bond motifs is 1. The Kier molecular flexibility index (Phi) is 5.02. The van der Waals surface area contributed by atoms with Crippen LogP contribution in [-0.2, 0) is 22.6 Å². The standard InChI is InChI=1S/C15H17N3O3S2/c1-10-6-13(17-21-10)16-14(19)8-22-9-15(20)18-4-2-12-11(7-18)3-5-23-12/h3,5-6H,2,4,7-9H2,1H3,(H,16,17,19). The number of thiophene rings is 1. The molecule has 6 nitrogen and oxygen atoms in total. The van der Waals surface area contributed by atoms with Crippen LogP contribution >= 0.6 is 23.1 Å². The number of carbonyl (C=O) groups is 2. The van der Waals surface area contributed by atoms with E-state index in [4.69, 9.17) is 4.52 Å². The normalized spacial score (nSPS) is 13.7. The van der Waals surface area contributed by atoms with Crippen LogP contribution in [0.15, 0.2) is 22.0 Å². The van der Waals surface area contributed by atoms with Gasteiger partial charge in [0.25, 0.3) is 0 Å². The first-order valence-electron chi connectivity index (χ1n) is 7.26. The molecule has 1 aliphatic rings. The number of amides is 2. The van der Waals surface area contributed by atoms with E-state index in [9.17, 15) is 9.59 Å². The van der Waals surface area contributed by atoms with E-state index in [0.29, 0.717) is 23.9 Å². The average molecular weight is 351 g/mol. The molecule has 0 aliphatic carbocycles. The maximum absolute atomic E-state index is 12.2. The van der Waals surface area contributed by atoms with Crippen LogP contribution in [0.25, 0.3) is 0 Å². The van der Waals surface area contributed by atoms with Crippen molar-refractivity contribution in [2.45, 2.75) is 19.9 Å². The quantitative estimate of drug-likeness (QED) is 0.894. The molecule has 0 bridgehead atoms. The van der Waals surface area contributed by atoms with E-state index in [0.717, 1.165) is 13.0 Å². The summed E-state index contributed by atoms with van der Waals surface area (Å²) in [6.45, 7) is 3.20. The number of thioether (sulfide) groups is 1. The van der Waals surface area contributed by atoms with Crippen LogP contribution in [0.5, 0.6) is 0 Å². The van der Waals surface area contributed by atoms with Crippen LogP contribution in [0.1, 0.15) is 16.2 Å². The maximum Gasteiger partial charge on any atom is 0.235 e. The fraction of sp³-hybridized carbons (Fsp3) is 0.400. The summed E-state index contributed by atoms with van der Waals surface area (Å²) < 4.78 is 4.88. The number of anilines is 1. The smallest absolute Gasteiger partial charge is 0.235 e. The van der Waals surface area contributed by atoms with Gasteiger partial charge in [-0.15, -0.1) is 23.1 Å². The second-order valence-electron chi connectivity index (χ2n) is 5.30. The lowest BCUT2D eigenvalue weighted by Gasteiger charge is -2.26. The summed E-state index contributed by atoms with van der Waals surface area (Å²) in [4.78, 5) is 27.2. The van der Waals surface area contributed by atoms with Crippen molar-refractivity contribution in [1.82, 2.24) is 10.1 Å². The highest BCUT2D eigenvalue weighted by Gasteiger charge is 2.21. The molecular weight excluding hydrogens is 334 g/mol. The Labute approximate surface area is 142 Å². The second-order valence-corrected chi connectivity index (χ2v) is 7.28. The fourth-order valence-corrected chi connectivity index (χ4v) is 3.99. The molecule has 0 atom stereocenters. The molecule has 1 aliphatic heterocycles. The van der Waals surface area contributed by atoms with Crippen molar-refractivity contribution < 1.29 is 14.1 Å². The van der Waals surface area contributed by atoms with Gasteiger partial charge in [-0.3, -0.25) is 9.59 Å². The summed E-state index contributed by atoms with van der Waals surface area (Å²) in [7, 11) is 0. The van der Waals surface area contributed by atoms with E-state index in [1.807, 2.05) is 4.90 Å². The number of hydrogen-bond donors (Lipinski definition) is 1. The molecule has 0 fully saturated rings. The third-order valence-corrected chi connectivity index (χ3v) is 5.45. The minimum absolute atomic E-state index is 0.0805. The van der Waals surface area contributed by atoms with Crippen molar-refractivity contribution in [3.63, 3.8) is 0 Å². The Morgan fingerprint density at radius 1 is 1.48 bits per heavy atom. The van der Waals surface area contributed by atoms with Gasteiger partial charge in [0.15, 0.2) is 5.82 Å². The molecule has 2 amide bonds. The highest BCUT2D eigenvalue weighted by Crippen LogP contribution is 2.24. The lowest BCUT2D eigenvalue weighted by atomic mass is 10.1. The molecule has 2 aromatic heterocycles. The van der Waals surface area contributed by atoms with E-state index in [1.54, 1.807) is 24.3 Å². The fourth-order valence-electron chi connectivity index (χ4n) is 2.39. The Balaban J connectivity index is 1.40. The van der Waals surface area contributed by atoms with E-state index < -0.39 is 0 Å². The van der Waals surface area contributed by atoms with Gasteiger partial charge >= 0.3 is 0 Å². The lowest BCUT2D eigenvalue weighted by molar-refractivity contribution is -0.129. The van der Waals surface area contributed by atoms with Crippen LogP contribution in [0.2, 0.25) is 0 Å². The number of carbonyl (C=O) groups excluding carboxylic acids is 2. The second kappa shape index (κ2) is 7.18. The van der Waals surface area contributed by atoms with E-state index in [2.05, 4.69) is 21.9 Å². The van der Waals surface area contributed by atoms with Gasteiger partial charge in [-0.05, 0) is 30.4 Å². The molecule has 2 aromatic rings. The van der Waals surface area contributed by atoms with E-state index in [1.165, 1.54) is 22.2 Å². The SMILES string of the molecule is Cc1cc(NC(=O)CSCC(=O)N2CCc3sccc3C2)no1. The highest BCUT2D eigenvalue weighted by molar-refractivity contribution is 8.00. The molecule has 3 heterocycles. The van der Waals surface area contributed by atoms with Crippen LogP contribution in [-0.4, -0.2) is 39.9 Å². The number of nitrogens with one attached hydrogen (secondary N) is 1. The summed E-state index contributed by atoms with van der Waals surface area (Å²) in [5.41, 5.74) is 1.25. The first kappa shape index (κ1) is 16.1. The number of aryl methyl sites for hydroxylation is 1. The number of hydrogen-bond acceptors (Lipinski definition) is 6. The summed E-state index contributed by atoms with van der Waals surface area (Å²) in [5, 5.41) is 8.41. The van der Waals surface area contributed by atoms with Gasteiger partial charge in [-0.25, -0.2) is 0 Å². The van der Waals surface area contributed by atoms with Crippen molar-refractivity contribution in [3.05, 3.63) is 33.7 Å². The number of aromatic nitrogens is 1. The summed E-state index contributed by atoms with van der Waals surface area (Å²) >= 11 is 3.07. The third-order valence-electron chi connectivity index (χ3n) is 3.51. The van der Waals surface area contributed by atoms with Gasteiger partial charge in [-0.2, -0.15) is 0 Å². The van der Waals surface area contributed by atoms with Crippen molar-refractivity contribution in [2.75, 3.05) is 23.4 Å². The molecule has 0 spiro atoms. The monoisotopic (exact) mass is 351 g/mol. The summed E-state index contributed by atoms with van der Waals surface area (Å²) in [5.74, 6) is 1.47. The highest BCUT2D eigenvalue weighted by atomic mass is 32.2. The van der Waals surface area contributed by atoms with Gasteiger partial charge in [0, 0.05) is 24.0 Å². The molecule has 1 N–H and O–H groups in total. The molecular formula is C15H17N3O3S2. The molecule has 0 unspecified atom stereocenters. The lowest BCUT2D eigenvalue weighted by Crippen LogP contribution is -2.36. The van der Waals surface area contributed by atoms with Crippen LogP contribution in [0, 0.1) is 6.92 Å². The molecule has 8 heteroatoms. The maximum atomic E-state index is 12.2. The topological polar surface area (TPSA) is 75.4 Å². The zero-order valence-electron chi connectivity index (χ0n) is 12.7. The summed E-state index contributed by atoms with van der Waals surface area (Å²) in [6, 6.07) is 3.74. The van der Waals surface area contributed by atoms with Crippen molar-refractivity contribution in [1.29, 1.82) is 0 Å². The van der Waals surface area contributed by atoms with Gasteiger partial charge in [0.05, 0.1) is 11.5 Å². The first-order valence-corrected chi connectivity index (χ1v) is 9.29. The molecule has 0 aromatic carbocycles. The zero-order chi connectivity index (χ0) is 16.2. The predicted octanol–water partition coefficient (Wildman–Crippen LogP) is 2.30. The number of nitrogens with zero attached hydrogens (tertiary/aromatic N) is 2. The largest absolute Gasteiger partial charge is 0.360 e. The molecule has 3 rings (SSSR count). The van der Waals surface area contributed by atoms with Crippen molar-refractivity contribution >= 4 is 40.7 Å². The Bertz CT molecular complexity index is 710. The van der Waals surface area contributed by atoms with Gasteiger partial charge in [0.1, 0.15) is 5.76 Å². The molecule has 0 radical (unpaired) electrons. The Hall–Kier alpha value is -1.80. The van der Waals surface area contributed by atoms with E-state index in [-0.39, 0.29) is 17.6 Å². The van der Waals surface area contributed by atoms with Crippen molar-refractivity contribution in [2.24, 2.45) is 0 Å². The minimum Gasteiger partial charge on any atom is -0.360 e. The third kappa shape index (κ3) is 4.14. The first-order chi connectivity index (χ1) is 11.1. The average Bonchev–Trinajstić information content (AvgIpc) is 3.15. The van der Waals surface area contributed by atoms with Gasteiger partial charge < -0.3 is 14.7 Å². The van der Waals surface area contributed by atoms with E-state index >= 15 is 0 Å². The molecule has 0 saturated heterocycles. The Morgan fingerprint density at radius 3 is 3.13 bits per heavy atom. The number of rotatable bonds is 5. The molecule has 122 valence electrons.